The van der Waals surface area contributed by atoms with Crippen LogP contribution in [0.2, 0.25) is 0 Å². The first-order valence-corrected chi connectivity index (χ1v) is 12.4. The summed E-state index contributed by atoms with van der Waals surface area (Å²) in [5.74, 6) is -0.0713. The van der Waals surface area contributed by atoms with Crippen molar-refractivity contribution in [3.63, 3.8) is 0 Å². The van der Waals surface area contributed by atoms with Gasteiger partial charge in [0.1, 0.15) is 17.3 Å². The third-order valence-electron chi connectivity index (χ3n) is 6.25. The second-order valence-corrected chi connectivity index (χ2v) is 10.1. The summed E-state index contributed by atoms with van der Waals surface area (Å²) in [6, 6.07) is 17.5. The highest BCUT2D eigenvalue weighted by atomic mass is 19.1. The summed E-state index contributed by atoms with van der Waals surface area (Å²) >= 11 is 0. The van der Waals surface area contributed by atoms with E-state index in [1.54, 1.807) is 38.1 Å². The lowest BCUT2D eigenvalue weighted by molar-refractivity contribution is -0.00481. The van der Waals surface area contributed by atoms with E-state index in [9.17, 15) is 19.4 Å². The molecule has 0 saturated heterocycles. The first-order chi connectivity index (χ1) is 17.4. The zero-order valence-electron chi connectivity index (χ0n) is 22.0. The number of aliphatic hydroxyl groups is 1. The van der Waals surface area contributed by atoms with Crippen molar-refractivity contribution in [1.29, 1.82) is 0 Å². The lowest BCUT2D eigenvalue weighted by Gasteiger charge is -2.28. The molecule has 0 radical (unpaired) electrons. The number of nitrogens with one attached hydrogen (secondary N) is 1. The molecule has 0 amide bonds. The fraction of sp³-hybridized carbons (Fsp3) is 0.367. The smallest absolute Gasteiger partial charge is 0.335 e. The molecule has 0 saturated carbocycles. The van der Waals surface area contributed by atoms with Crippen LogP contribution in [0.4, 0.5) is 4.39 Å². The average Bonchev–Trinajstić information content (AvgIpc) is 2.83. The predicted octanol–water partition coefficient (Wildman–Crippen LogP) is 5.98. The highest BCUT2D eigenvalue weighted by molar-refractivity contribution is 5.89. The first kappa shape index (κ1) is 28.3. The third-order valence-corrected chi connectivity index (χ3v) is 6.25. The molecule has 0 heterocycles. The van der Waals surface area contributed by atoms with Gasteiger partial charge in [-0.15, -0.1) is 0 Å². The minimum Gasteiger partial charge on any atom is -0.478 e. The fourth-order valence-corrected chi connectivity index (χ4v) is 4.09. The van der Waals surface area contributed by atoms with Gasteiger partial charge in [-0.2, -0.15) is 0 Å². The Morgan fingerprint density at radius 2 is 1.78 bits per heavy atom. The van der Waals surface area contributed by atoms with Crippen LogP contribution in [0.15, 0.2) is 60.7 Å². The van der Waals surface area contributed by atoms with Gasteiger partial charge in [0.15, 0.2) is 0 Å². The Hall–Kier alpha value is -3.26. The zero-order valence-corrected chi connectivity index (χ0v) is 22.0. The minimum absolute atomic E-state index is 0.115. The number of hydrogen-bond acceptors (Lipinski definition) is 5. The van der Waals surface area contributed by atoms with Crippen molar-refractivity contribution in [2.75, 3.05) is 13.2 Å². The number of carbonyl (C=O) groups is 1. The molecule has 3 N–H and O–H groups in total. The Balaban J connectivity index is 1.55. The van der Waals surface area contributed by atoms with Crippen molar-refractivity contribution in [3.05, 3.63) is 94.3 Å². The number of halogens is 1. The second kappa shape index (κ2) is 12.3. The van der Waals surface area contributed by atoms with Crippen molar-refractivity contribution < 1.29 is 28.9 Å². The third kappa shape index (κ3) is 8.12. The number of rotatable bonds is 12. The van der Waals surface area contributed by atoms with Gasteiger partial charge in [0.05, 0.1) is 24.4 Å². The molecule has 0 spiro atoms. The monoisotopic (exact) mass is 509 g/mol. The standard InChI is InChI=1S/C30H36FNO5/c1-19-10-11-22(15-27(19)31)16-30(4,5)32-17-23(33)18-36-21(3)26-8-6-7-9-28(26)37-24-12-13-25(29(34)35)20(2)14-24/h6-15,21,23,32-33H,16-18H2,1-5H3,(H,34,35)/t21-,23-/m1/s1. The Morgan fingerprint density at radius 1 is 1.05 bits per heavy atom. The molecular formula is C30H36FNO5. The molecule has 37 heavy (non-hydrogen) atoms. The van der Waals surface area contributed by atoms with E-state index in [2.05, 4.69) is 5.32 Å². The van der Waals surface area contributed by atoms with Crippen molar-refractivity contribution in [3.8, 4) is 11.5 Å². The van der Waals surface area contributed by atoms with Gasteiger partial charge < -0.3 is 25.0 Å². The lowest BCUT2D eigenvalue weighted by Crippen LogP contribution is -2.46. The molecule has 2 atom stereocenters. The van der Waals surface area contributed by atoms with Crippen molar-refractivity contribution in [2.24, 2.45) is 0 Å². The van der Waals surface area contributed by atoms with Gasteiger partial charge in [-0.05, 0) is 88.1 Å². The molecule has 198 valence electrons. The summed E-state index contributed by atoms with van der Waals surface area (Å²) in [5.41, 5.74) is 2.82. The molecule has 0 bridgehead atoms. The number of ether oxygens (including phenoxy) is 2. The maximum absolute atomic E-state index is 13.9. The molecule has 3 aromatic carbocycles. The van der Waals surface area contributed by atoms with Crippen molar-refractivity contribution in [2.45, 2.75) is 58.8 Å². The Kier molecular flexibility index (Phi) is 9.43. The van der Waals surface area contributed by atoms with Crippen LogP contribution in [0.5, 0.6) is 11.5 Å². The van der Waals surface area contributed by atoms with Crippen LogP contribution < -0.4 is 10.1 Å². The van der Waals surface area contributed by atoms with Crippen LogP contribution in [-0.2, 0) is 11.2 Å². The molecule has 3 rings (SSSR count). The quantitative estimate of drug-likeness (QED) is 0.278. The molecule has 0 aliphatic carbocycles. The average molecular weight is 510 g/mol. The molecule has 0 aliphatic rings. The van der Waals surface area contributed by atoms with Crippen LogP contribution in [-0.4, -0.2) is 41.0 Å². The number of β-amino-alcohol motifs (C(OH)–C–C–N with tert-alkyl or cyclic N) is 1. The van der Waals surface area contributed by atoms with Crippen molar-refractivity contribution in [1.82, 2.24) is 5.32 Å². The highest BCUT2D eigenvalue weighted by Gasteiger charge is 2.21. The van der Waals surface area contributed by atoms with Gasteiger partial charge in [-0.1, -0.05) is 30.3 Å². The lowest BCUT2D eigenvalue weighted by atomic mass is 9.94. The Labute approximate surface area is 218 Å². The SMILES string of the molecule is Cc1ccc(CC(C)(C)NC[C@@H](O)CO[C@H](C)c2ccccc2Oc2ccc(C(=O)O)c(C)c2)cc1F. The normalized spacial score (nSPS) is 13.3. The van der Waals surface area contributed by atoms with E-state index in [0.29, 0.717) is 35.6 Å². The molecule has 6 nitrogen and oxygen atoms in total. The largest absolute Gasteiger partial charge is 0.478 e. The summed E-state index contributed by atoms with van der Waals surface area (Å²) in [6.45, 7) is 9.81. The number of hydrogen-bond donors (Lipinski definition) is 3. The summed E-state index contributed by atoms with van der Waals surface area (Å²) in [5, 5.41) is 23.1. The van der Waals surface area contributed by atoms with Crippen LogP contribution in [0.25, 0.3) is 0 Å². The van der Waals surface area contributed by atoms with Gasteiger partial charge in [-0.3, -0.25) is 0 Å². The molecule has 0 unspecified atom stereocenters. The maximum Gasteiger partial charge on any atom is 0.335 e. The highest BCUT2D eigenvalue weighted by Crippen LogP contribution is 2.32. The van der Waals surface area contributed by atoms with Gasteiger partial charge in [0, 0.05) is 17.6 Å². The maximum atomic E-state index is 13.9. The summed E-state index contributed by atoms with van der Waals surface area (Å²) in [7, 11) is 0. The van der Waals surface area contributed by atoms with Crippen LogP contribution >= 0.6 is 0 Å². The number of aromatic carboxylic acids is 1. The van der Waals surface area contributed by atoms with E-state index >= 15 is 0 Å². The predicted molar refractivity (Wildman–Crippen MR) is 142 cm³/mol. The van der Waals surface area contributed by atoms with Gasteiger partial charge in [0.2, 0.25) is 0 Å². The van der Waals surface area contributed by atoms with E-state index in [1.165, 1.54) is 6.07 Å². The van der Waals surface area contributed by atoms with Crippen molar-refractivity contribution >= 4 is 5.97 Å². The Bertz CT molecular complexity index is 1230. The molecule has 3 aromatic rings. The van der Waals surface area contributed by atoms with Crippen LogP contribution in [0.3, 0.4) is 0 Å². The number of carboxylic acid groups (broad SMARTS) is 1. The van der Waals surface area contributed by atoms with E-state index in [-0.39, 0.29) is 29.6 Å². The van der Waals surface area contributed by atoms with Crippen LogP contribution in [0.1, 0.15) is 59.5 Å². The van der Waals surface area contributed by atoms with E-state index < -0.39 is 12.1 Å². The number of aryl methyl sites for hydroxylation is 2. The van der Waals surface area contributed by atoms with Crippen LogP contribution in [0, 0.1) is 19.7 Å². The zero-order chi connectivity index (χ0) is 27.2. The van der Waals surface area contributed by atoms with Gasteiger partial charge >= 0.3 is 5.97 Å². The van der Waals surface area contributed by atoms with Gasteiger partial charge in [0.25, 0.3) is 0 Å². The van der Waals surface area contributed by atoms with E-state index in [0.717, 1.165) is 11.1 Å². The molecule has 7 heteroatoms. The molecule has 0 fully saturated rings. The number of aliphatic hydroxyl groups excluding tert-OH is 1. The summed E-state index contributed by atoms with van der Waals surface area (Å²) < 4.78 is 25.9. The number of carboxylic acids is 1. The Morgan fingerprint density at radius 3 is 2.46 bits per heavy atom. The second-order valence-electron chi connectivity index (χ2n) is 10.1. The summed E-state index contributed by atoms with van der Waals surface area (Å²) in [4.78, 5) is 11.3. The number of para-hydroxylation sites is 1. The minimum atomic E-state index is -0.980. The first-order valence-electron chi connectivity index (χ1n) is 12.4. The molecular weight excluding hydrogens is 473 g/mol. The topological polar surface area (TPSA) is 88.0 Å². The van der Waals surface area contributed by atoms with E-state index in [1.807, 2.05) is 51.1 Å². The molecule has 0 aromatic heterocycles. The summed E-state index contributed by atoms with van der Waals surface area (Å²) in [6.07, 6.45) is -0.476. The van der Waals surface area contributed by atoms with Gasteiger partial charge in [-0.25, -0.2) is 9.18 Å². The number of benzene rings is 3. The fourth-order valence-electron chi connectivity index (χ4n) is 4.09. The van der Waals surface area contributed by atoms with E-state index in [4.69, 9.17) is 9.47 Å². The molecule has 0 aliphatic heterocycles.